The van der Waals surface area contributed by atoms with Gasteiger partial charge in [-0.1, -0.05) is 6.07 Å². The molecular weight excluding hydrogens is 414 g/mol. The van der Waals surface area contributed by atoms with Crippen molar-refractivity contribution in [2.45, 2.75) is 19.4 Å². The molecule has 2 aromatic rings. The number of pyridine rings is 1. The molecule has 31 heavy (non-hydrogen) atoms. The van der Waals surface area contributed by atoms with E-state index in [-0.39, 0.29) is 47.1 Å². The van der Waals surface area contributed by atoms with Crippen molar-refractivity contribution in [2.75, 3.05) is 12.2 Å². The summed E-state index contributed by atoms with van der Waals surface area (Å²) >= 11 is 0. The first kappa shape index (κ1) is 22.0. The van der Waals surface area contributed by atoms with Gasteiger partial charge in [-0.25, -0.2) is 13.8 Å². The molecule has 4 N–H and O–H groups in total. The molecule has 0 aliphatic carbocycles. The number of anilines is 1. The predicted molar refractivity (Wildman–Crippen MR) is 102 cm³/mol. The number of benzene rings is 1. The van der Waals surface area contributed by atoms with Gasteiger partial charge in [0.05, 0.1) is 12.7 Å². The molecule has 1 aliphatic heterocycles. The second kappa shape index (κ2) is 8.96. The number of nitrogens with two attached hydrogens (primary N) is 1. The van der Waals surface area contributed by atoms with E-state index in [1.807, 2.05) is 0 Å². The minimum absolute atomic E-state index is 0.00426. The maximum Gasteiger partial charge on any atom is 0.305 e. The molecule has 0 saturated carbocycles. The van der Waals surface area contributed by atoms with Crippen LogP contribution in [0, 0.1) is 17.6 Å². The lowest BCUT2D eigenvalue weighted by molar-refractivity contribution is -0.143. The summed E-state index contributed by atoms with van der Waals surface area (Å²) in [6, 6.07) is 4.37. The van der Waals surface area contributed by atoms with Gasteiger partial charge in [0.2, 0.25) is 17.5 Å². The minimum Gasteiger partial charge on any atom is -0.469 e. The molecule has 1 aromatic heterocycles. The summed E-state index contributed by atoms with van der Waals surface area (Å²) in [5.74, 6) is -5.71. The standard InChI is InChI=1S/C20H18F2N4O5/c1-31-15(27)5-2-10-6-13-17(23)16(20(29)26(30)18(13)24-8-10)19(28)25-9-11-3-4-12(21)7-14(11)22/h3-4,6-8,16,23,30H,2,5,9H2,1H3,(H,25,28)/p+1. The number of aryl methyl sites for hydroxylation is 1. The zero-order valence-corrected chi connectivity index (χ0v) is 16.4. The van der Waals surface area contributed by atoms with E-state index in [4.69, 9.17) is 5.41 Å². The summed E-state index contributed by atoms with van der Waals surface area (Å²) in [5.41, 5.74) is 0.569. The Bertz CT molecular complexity index is 1080. The molecule has 0 bridgehead atoms. The number of aromatic nitrogens is 1. The number of hydrogen-bond donors (Lipinski definition) is 3. The monoisotopic (exact) mass is 433 g/mol. The van der Waals surface area contributed by atoms with Crippen molar-refractivity contribution in [3.63, 3.8) is 0 Å². The SMILES string of the molecule is COC(=O)CCc1cnc2c(c1)C(=[NH2+])C(C(=O)NCc1ccc(F)cc1F)C(=O)N2O. The van der Waals surface area contributed by atoms with Gasteiger partial charge in [0.25, 0.3) is 5.91 Å². The number of amides is 2. The number of hydrogen-bond acceptors (Lipinski definition) is 6. The Morgan fingerprint density at radius 1 is 1.32 bits per heavy atom. The van der Waals surface area contributed by atoms with Gasteiger partial charge in [-0.05, 0) is 24.1 Å². The van der Waals surface area contributed by atoms with Gasteiger partial charge in [-0.2, -0.15) is 5.06 Å². The first-order valence-corrected chi connectivity index (χ1v) is 9.15. The highest BCUT2D eigenvalue weighted by molar-refractivity contribution is 6.30. The van der Waals surface area contributed by atoms with Gasteiger partial charge in [0, 0.05) is 30.8 Å². The highest BCUT2D eigenvalue weighted by Crippen LogP contribution is 2.28. The van der Waals surface area contributed by atoms with Crippen molar-refractivity contribution in [2.24, 2.45) is 5.92 Å². The molecule has 0 fully saturated rings. The van der Waals surface area contributed by atoms with Crippen LogP contribution in [0.25, 0.3) is 0 Å². The fourth-order valence-electron chi connectivity index (χ4n) is 3.09. The average molecular weight is 433 g/mol. The molecule has 0 radical (unpaired) electrons. The lowest BCUT2D eigenvalue weighted by atomic mass is 9.90. The molecule has 1 unspecified atom stereocenters. The summed E-state index contributed by atoms with van der Waals surface area (Å²) in [7, 11) is 1.26. The molecule has 1 aliphatic rings. The van der Waals surface area contributed by atoms with E-state index in [0.717, 1.165) is 12.1 Å². The fourth-order valence-corrected chi connectivity index (χ4v) is 3.09. The molecule has 2 heterocycles. The van der Waals surface area contributed by atoms with E-state index in [0.29, 0.717) is 11.6 Å². The minimum atomic E-state index is -1.58. The maximum absolute atomic E-state index is 13.8. The number of carbonyl (C=O) groups excluding carboxylic acids is 3. The van der Waals surface area contributed by atoms with E-state index < -0.39 is 35.3 Å². The van der Waals surface area contributed by atoms with Crippen LogP contribution in [0.1, 0.15) is 23.1 Å². The molecule has 11 heteroatoms. The van der Waals surface area contributed by atoms with Crippen molar-refractivity contribution in [3.05, 3.63) is 58.8 Å². The number of hydroxylamine groups is 1. The first-order valence-electron chi connectivity index (χ1n) is 9.15. The summed E-state index contributed by atoms with van der Waals surface area (Å²) in [5, 5.41) is 18.8. The number of fused-ring (bicyclic) bond motifs is 1. The largest absolute Gasteiger partial charge is 0.469 e. The number of methoxy groups -OCH3 is 1. The molecule has 1 atom stereocenters. The smallest absolute Gasteiger partial charge is 0.305 e. The van der Waals surface area contributed by atoms with Crippen LogP contribution in [0.15, 0.2) is 30.5 Å². The quantitative estimate of drug-likeness (QED) is 0.325. The first-order chi connectivity index (χ1) is 14.7. The molecule has 1 aromatic carbocycles. The van der Waals surface area contributed by atoms with Crippen LogP contribution in [0.3, 0.4) is 0 Å². The summed E-state index contributed by atoms with van der Waals surface area (Å²) < 4.78 is 31.4. The van der Waals surface area contributed by atoms with Crippen LogP contribution < -0.4 is 15.8 Å². The van der Waals surface area contributed by atoms with Gasteiger partial charge in [-0.15, -0.1) is 0 Å². The van der Waals surface area contributed by atoms with Crippen molar-refractivity contribution < 1.29 is 38.5 Å². The van der Waals surface area contributed by atoms with E-state index in [1.54, 1.807) is 0 Å². The van der Waals surface area contributed by atoms with Crippen LogP contribution in [0.2, 0.25) is 0 Å². The number of esters is 1. The third-order valence-corrected chi connectivity index (χ3v) is 4.78. The van der Waals surface area contributed by atoms with E-state index in [9.17, 15) is 28.4 Å². The Kier molecular flexibility index (Phi) is 6.35. The Morgan fingerprint density at radius 3 is 2.74 bits per heavy atom. The molecule has 3 rings (SSSR count). The van der Waals surface area contributed by atoms with Crippen molar-refractivity contribution >= 4 is 29.3 Å². The van der Waals surface area contributed by atoms with E-state index in [1.165, 1.54) is 19.4 Å². The van der Waals surface area contributed by atoms with Gasteiger partial charge in [0.1, 0.15) is 11.6 Å². The Balaban J connectivity index is 1.79. The number of nitrogens with one attached hydrogen (secondary N) is 1. The third kappa shape index (κ3) is 4.56. The molecule has 0 saturated heterocycles. The van der Waals surface area contributed by atoms with Crippen LogP contribution in [0.5, 0.6) is 0 Å². The zero-order valence-electron chi connectivity index (χ0n) is 16.4. The van der Waals surface area contributed by atoms with Crippen LogP contribution in [-0.4, -0.2) is 40.8 Å². The van der Waals surface area contributed by atoms with Gasteiger partial charge in [0.15, 0.2) is 5.82 Å². The molecule has 0 spiro atoms. The average Bonchev–Trinajstić information content (AvgIpc) is 2.75. The van der Waals surface area contributed by atoms with Crippen molar-refractivity contribution in [1.29, 1.82) is 0 Å². The Hall–Kier alpha value is -3.73. The second-order valence-corrected chi connectivity index (χ2v) is 6.78. The number of nitrogens with zero attached hydrogens (tertiary/aromatic N) is 2. The number of ether oxygens (including phenoxy) is 1. The zero-order chi connectivity index (χ0) is 22.7. The van der Waals surface area contributed by atoms with Crippen LogP contribution in [0.4, 0.5) is 14.6 Å². The molecule has 162 valence electrons. The van der Waals surface area contributed by atoms with Gasteiger partial charge in [-0.3, -0.25) is 25.0 Å². The Labute approximate surface area is 175 Å². The summed E-state index contributed by atoms with van der Waals surface area (Å²) in [6.45, 7) is -0.322. The normalized spacial score (nSPS) is 15.5. The topological polar surface area (TPSA) is 134 Å². The van der Waals surface area contributed by atoms with Gasteiger partial charge >= 0.3 is 5.97 Å². The third-order valence-electron chi connectivity index (χ3n) is 4.78. The lowest BCUT2D eigenvalue weighted by Crippen LogP contribution is -2.59. The Morgan fingerprint density at radius 2 is 2.06 bits per heavy atom. The molecule has 9 nitrogen and oxygen atoms in total. The predicted octanol–water partition coefficient (Wildman–Crippen LogP) is -0.318. The van der Waals surface area contributed by atoms with Crippen molar-refractivity contribution in [1.82, 2.24) is 10.3 Å². The van der Waals surface area contributed by atoms with E-state index in [2.05, 4.69) is 15.0 Å². The highest BCUT2D eigenvalue weighted by atomic mass is 19.1. The van der Waals surface area contributed by atoms with E-state index >= 15 is 0 Å². The maximum atomic E-state index is 13.8. The molecule has 2 amide bonds. The number of carbonyl (C=O) groups is 3. The highest BCUT2D eigenvalue weighted by Gasteiger charge is 2.45. The summed E-state index contributed by atoms with van der Waals surface area (Å²) in [6.07, 6.45) is 1.70. The van der Waals surface area contributed by atoms with Gasteiger partial charge < -0.3 is 10.1 Å². The van der Waals surface area contributed by atoms with Crippen molar-refractivity contribution in [3.8, 4) is 0 Å². The number of rotatable bonds is 6. The van der Waals surface area contributed by atoms with Crippen LogP contribution in [-0.2, 0) is 32.1 Å². The second-order valence-electron chi connectivity index (χ2n) is 6.78. The lowest BCUT2D eigenvalue weighted by Gasteiger charge is -2.26. The number of halogens is 2. The fraction of sp³-hybridized carbons (Fsp3) is 0.250. The molecular formula is C20H19F2N4O5+. The van der Waals surface area contributed by atoms with Crippen LogP contribution >= 0.6 is 0 Å². The summed E-state index contributed by atoms with van der Waals surface area (Å²) in [4.78, 5) is 40.4.